The molecular weight excluding hydrogens is 357 g/mol. The Morgan fingerprint density at radius 3 is 2.68 bits per heavy atom. The topological polar surface area (TPSA) is 42.7 Å². The Morgan fingerprint density at radius 2 is 2.00 bits per heavy atom. The minimum absolute atomic E-state index is 0.0334. The molecule has 0 bridgehead atoms. The number of carbonyl (C=O) groups excluding carboxylic acids is 1. The second-order valence-electron chi connectivity index (χ2n) is 6.92. The van der Waals surface area contributed by atoms with Gasteiger partial charge in [-0.3, -0.25) is 4.79 Å². The standard InChI is InChI=1S/C23H26FNO3/c1-4-13-25(16(2)22-15-18-7-5-6-8-20(18)28-22)23(26)12-10-17-9-11-21(27-3)19(24)14-17/h5-9,11,14-16H,4,10,12-13H2,1-3H3. The van der Waals surface area contributed by atoms with Crippen LogP contribution in [0.5, 0.6) is 5.75 Å². The maximum atomic E-state index is 13.9. The van der Waals surface area contributed by atoms with Crippen molar-refractivity contribution in [2.75, 3.05) is 13.7 Å². The fraction of sp³-hybridized carbons (Fsp3) is 0.348. The van der Waals surface area contributed by atoms with E-state index in [0.29, 0.717) is 19.4 Å². The summed E-state index contributed by atoms with van der Waals surface area (Å²) < 4.78 is 24.8. The third-order valence-electron chi connectivity index (χ3n) is 4.95. The Morgan fingerprint density at radius 1 is 1.21 bits per heavy atom. The first-order valence-electron chi connectivity index (χ1n) is 9.63. The Labute approximate surface area is 164 Å². The maximum Gasteiger partial charge on any atom is 0.223 e. The van der Waals surface area contributed by atoms with E-state index in [9.17, 15) is 9.18 Å². The molecule has 4 nitrogen and oxygen atoms in total. The summed E-state index contributed by atoms with van der Waals surface area (Å²) in [4.78, 5) is 14.8. The van der Waals surface area contributed by atoms with Gasteiger partial charge in [-0.2, -0.15) is 0 Å². The van der Waals surface area contributed by atoms with Gasteiger partial charge in [0.25, 0.3) is 0 Å². The molecule has 1 aromatic heterocycles. The molecule has 2 aromatic carbocycles. The van der Waals surface area contributed by atoms with Crippen LogP contribution in [0.3, 0.4) is 0 Å². The molecule has 0 aliphatic rings. The van der Waals surface area contributed by atoms with Crippen molar-refractivity contribution < 1.29 is 18.3 Å². The van der Waals surface area contributed by atoms with Crippen LogP contribution in [-0.4, -0.2) is 24.5 Å². The highest BCUT2D eigenvalue weighted by atomic mass is 19.1. The molecule has 1 heterocycles. The number of halogens is 1. The van der Waals surface area contributed by atoms with Crippen molar-refractivity contribution in [3.63, 3.8) is 0 Å². The number of hydrogen-bond acceptors (Lipinski definition) is 3. The van der Waals surface area contributed by atoms with Crippen molar-refractivity contribution in [2.45, 2.75) is 39.2 Å². The molecule has 5 heteroatoms. The van der Waals surface area contributed by atoms with Crippen LogP contribution in [0.1, 0.15) is 44.1 Å². The summed E-state index contributed by atoms with van der Waals surface area (Å²) in [6.07, 6.45) is 1.65. The van der Waals surface area contributed by atoms with E-state index in [-0.39, 0.29) is 17.7 Å². The van der Waals surface area contributed by atoms with Gasteiger partial charge in [0.05, 0.1) is 13.2 Å². The summed E-state index contributed by atoms with van der Waals surface area (Å²) in [5.74, 6) is 0.610. The fourth-order valence-electron chi connectivity index (χ4n) is 3.40. The molecule has 0 spiro atoms. The highest BCUT2D eigenvalue weighted by Gasteiger charge is 2.23. The second kappa shape index (κ2) is 8.91. The van der Waals surface area contributed by atoms with Crippen molar-refractivity contribution in [3.05, 3.63) is 65.7 Å². The maximum absolute atomic E-state index is 13.9. The molecule has 3 rings (SSSR count). The predicted molar refractivity (Wildman–Crippen MR) is 108 cm³/mol. The van der Waals surface area contributed by atoms with E-state index < -0.39 is 5.82 Å². The van der Waals surface area contributed by atoms with E-state index in [4.69, 9.17) is 9.15 Å². The van der Waals surface area contributed by atoms with Crippen LogP contribution in [0.25, 0.3) is 11.0 Å². The van der Waals surface area contributed by atoms with E-state index in [0.717, 1.165) is 28.7 Å². The lowest BCUT2D eigenvalue weighted by Gasteiger charge is -2.28. The third-order valence-corrected chi connectivity index (χ3v) is 4.95. The van der Waals surface area contributed by atoms with Gasteiger partial charge in [0, 0.05) is 18.4 Å². The molecule has 0 fully saturated rings. The van der Waals surface area contributed by atoms with E-state index in [1.807, 2.05) is 49.1 Å². The number of fused-ring (bicyclic) bond motifs is 1. The zero-order valence-corrected chi connectivity index (χ0v) is 16.6. The van der Waals surface area contributed by atoms with Gasteiger partial charge in [0.1, 0.15) is 11.3 Å². The van der Waals surface area contributed by atoms with Gasteiger partial charge in [-0.1, -0.05) is 31.2 Å². The highest BCUT2D eigenvalue weighted by molar-refractivity contribution is 5.79. The van der Waals surface area contributed by atoms with Crippen molar-refractivity contribution in [2.24, 2.45) is 0 Å². The van der Waals surface area contributed by atoms with E-state index >= 15 is 0 Å². The monoisotopic (exact) mass is 383 g/mol. The molecule has 148 valence electrons. The Balaban J connectivity index is 1.71. The molecule has 28 heavy (non-hydrogen) atoms. The van der Waals surface area contributed by atoms with Crippen molar-refractivity contribution in [1.29, 1.82) is 0 Å². The summed E-state index contributed by atoms with van der Waals surface area (Å²) in [5, 5.41) is 1.03. The number of furan rings is 1. The molecule has 0 radical (unpaired) electrons. The largest absolute Gasteiger partial charge is 0.494 e. The molecule has 0 aliphatic carbocycles. The number of methoxy groups -OCH3 is 1. The van der Waals surface area contributed by atoms with Crippen LogP contribution in [0.2, 0.25) is 0 Å². The Bertz CT molecular complexity index is 917. The Hall–Kier alpha value is -2.82. The van der Waals surface area contributed by atoms with Gasteiger partial charge in [0.2, 0.25) is 5.91 Å². The smallest absolute Gasteiger partial charge is 0.223 e. The quantitative estimate of drug-likeness (QED) is 0.515. The molecule has 1 amide bonds. The summed E-state index contributed by atoms with van der Waals surface area (Å²) in [6, 6.07) is 14.5. The SMILES string of the molecule is CCCN(C(=O)CCc1ccc(OC)c(F)c1)C(C)c1cc2ccccc2o1. The first-order valence-corrected chi connectivity index (χ1v) is 9.63. The number of aryl methyl sites for hydroxylation is 1. The molecule has 3 aromatic rings. The van der Waals surface area contributed by atoms with Crippen molar-refractivity contribution in [1.82, 2.24) is 4.90 Å². The average Bonchev–Trinajstić information content (AvgIpc) is 3.14. The van der Waals surface area contributed by atoms with E-state index in [2.05, 4.69) is 0 Å². The lowest BCUT2D eigenvalue weighted by Crippen LogP contribution is -2.34. The molecule has 1 unspecified atom stereocenters. The van der Waals surface area contributed by atoms with E-state index in [1.54, 1.807) is 12.1 Å². The predicted octanol–water partition coefficient (Wildman–Crippen LogP) is 5.51. The molecule has 0 aliphatic heterocycles. The summed E-state index contributed by atoms with van der Waals surface area (Å²) in [5.41, 5.74) is 1.60. The molecule has 1 atom stereocenters. The van der Waals surface area contributed by atoms with Crippen LogP contribution in [0.15, 0.2) is 52.9 Å². The first kappa shape index (κ1) is 19.9. The molecule has 0 N–H and O–H groups in total. The number of carbonyl (C=O) groups is 1. The number of para-hydroxylation sites is 1. The lowest BCUT2D eigenvalue weighted by atomic mass is 10.1. The minimum Gasteiger partial charge on any atom is -0.494 e. The number of ether oxygens (including phenoxy) is 1. The third kappa shape index (κ3) is 4.35. The zero-order chi connectivity index (χ0) is 20.1. The van der Waals surface area contributed by atoms with Crippen LogP contribution >= 0.6 is 0 Å². The van der Waals surface area contributed by atoms with Gasteiger partial charge in [-0.05, 0) is 49.6 Å². The second-order valence-corrected chi connectivity index (χ2v) is 6.92. The normalized spacial score (nSPS) is 12.1. The first-order chi connectivity index (χ1) is 13.5. The van der Waals surface area contributed by atoms with Crippen LogP contribution in [-0.2, 0) is 11.2 Å². The van der Waals surface area contributed by atoms with Crippen LogP contribution in [0, 0.1) is 5.82 Å². The fourth-order valence-corrected chi connectivity index (χ4v) is 3.40. The number of hydrogen-bond donors (Lipinski definition) is 0. The van der Waals surface area contributed by atoms with E-state index in [1.165, 1.54) is 13.2 Å². The average molecular weight is 383 g/mol. The number of rotatable bonds is 8. The Kier molecular flexibility index (Phi) is 6.34. The number of nitrogens with zero attached hydrogens (tertiary/aromatic N) is 1. The van der Waals surface area contributed by atoms with Gasteiger partial charge >= 0.3 is 0 Å². The van der Waals surface area contributed by atoms with Crippen LogP contribution in [0.4, 0.5) is 4.39 Å². The molecule has 0 saturated carbocycles. The summed E-state index contributed by atoms with van der Waals surface area (Å²) >= 11 is 0. The minimum atomic E-state index is -0.409. The lowest BCUT2D eigenvalue weighted by molar-refractivity contribution is -0.133. The summed E-state index contributed by atoms with van der Waals surface area (Å²) in [7, 11) is 1.43. The zero-order valence-electron chi connectivity index (χ0n) is 16.6. The van der Waals surface area contributed by atoms with Gasteiger partial charge in [-0.25, -0.2) is 4.39 Å². The van der Waals surface area contributed by atoms with Crippen LogP contribution < -0.4 is 4.74 Å². The van der Waals surface area contributed by atoms with Crippen molar-refractivity contribution in [3.8, 4) is 5.75 Å². The number of amides is 1. The summed E-state index contributed by atoms with van der Waals surface area (Å²) in [6.45, 7) is 4.68. The van der Waals surface area contributed by atoms with Gasteiger partial charge in [0.15, 0.2) is 11.6 Å². The molecular formula is C23H26FNO3. The number of benzene rings is 2. The van der Waals surface area contributed by atoms with Crippen molar-refractivity contribution >= 4 is 16.9 Å². The highest BCUT2D eigenvalue weighted by Crippen LogP contribution is 2.28. The van der Waals surface area contributed by atoms with Gasteiger partial charge < -0.3 is 14.1 Å². The van der Waals surface area contributed by atoms with Gasteiger partial charge in [-0.15, -0.1) is 0 Å². The molecule has 0 saturated heterocycles.